The second-order valence-corrected chi connectivity index (χ2v) is 12.1. The summed E-state index contributed by atoms with van der Waals surface area (Å²) in [5.41, 5.74) is 1.26. The van der Waals surface area contributed by atoms with Gasteiger partial charge in [-0.3, -0.25) is 4.79 Å². The molecule has 0 aliphatic heterocycles. The zero-order valence-corrected chi connectivity index (χ0v) is 22.8. The first-order valence-corrected chi connectivity index (χ1v) is 13.6. The molecule has 0 unspecified atom stereocenters. The van der Waals surface area contributed by atoms with Crippen LogP contribution in [-0.4, -0.2) is 19.3 Å². The molecule has 0 aliphatic rings. The van der Waals surface area contributed by atoms with E-state index in [0.29, 0.717) is 20.1 Å². The van der Waals surface area contributed by atoms with Crippen LogP contribution in [0.3, 0.4) is 0 Å². The molecule has 0 atom stereocenters. The average molecular weight is 694 g/mol. The number of phenols is 1. The number of carbonyl (C=O) groups is 1. The number of carbonyl (C=O) groups excluding carboxylic acids is 1. The molecule has 0 aliphatic carbocycles. The quantitative estimate of drug-likeness (QED) is 0.218. The highest BCUT2D eigenvalue weighted by molar-refractivity contribution is 9.11. The minimum Gasteiger partial charge on any atom is -0.506 e. The summed E-state index contributed by atoms with van der Waals surface area (Å²) in [6.07, 6.45) is 1.33. The normalized spacial score (nSPS) is 12.1. The number of aromatic hydroxyl groups is 1. The van der Waals surface area contributed by atoms with Crippen molar-refractivity contribution in [3.05, 3.63) is 100 Å². The number of allylic oxidation sites excluding steroid dienone is 1. The van der Waals surface area contributed by atoms with Gasteiger partial charge in [-0.2, -0.15) is 0 Å². The van der Waals surface area contributed by atoms with Gasteiger partial charge in [0.2, 0.25) is 5.78 Å². The van der Waals surface area contributed by atoms with E-state index in [-0.39, 0.29) is 22.0 Å². The molecule has 160 valence electrons. The zero-order valence-electron chi connectivity index (χ0n) is 15.7. The van der Waals surface area contributed by atoms with Crippen molar-refractivity contribution in [3.8, 4) is 5.75 Å². The van der Waals surface area contributed by atoms with Gasteiger partial charge in [-0.15, -0.1) is 0 Å². The SMILES string of the molecule is O=C(/C(=C/c1cc(Br)c(O)c(Br)c1)S(=O)(=O)Cc1ccc(Br)cc1)c1ccc(Br)cc1. The maximum Gasteiger partial charge on any atom is 0.204 e. The van der Waals surface area contributed by atoms with E-state index in [1.807, 2.05) is 0 Å². The molecule has 9 heteroatoms. The third-order valence-corrected chi connectivity index (χ3v) is 8.23. The van der Waals surface area contributed by atoms with Crippen LogP contribution in [0.25, 0.3) is 6.08 Å². The Balaban J connectivity index is 2.12. The van der Waals surface area contributed by atoms with Crippen molar-refractivity contribution in [3.63, 3.8) is 0 Å². The summed E-state index contributed by atoms with van der Waals surface area (Å²) in [6.45, 7) is 0. The van der Waals surface area contributed by atoms with E-state index in [9.17, 15) is 18.3 Å². The lowest BCUT2D eigenvalue weighted by Crippen LogP contribution is -2.16. The van der Waals surface area contributed by atoms with Crippen molar-refractivity contribution in [2.75, 3.05) is 0 Å². The first kappa shape index (κ1) is 24.4. The molecule has 0 bridgehead atoms. The van der Waals surface area contributed by atoms with Gasteiger partial charge in [0.25, 0.3) is 0 Å². The van der Waals surface area contributed by atoms with Gasteiger partial charge in [0, 0.05) is 14.5 Å². The molecule has 3 aromatic carbocycles. The Morgan fingerprint density at radius 1 is 0.839 bits per heavy atom. The fraction of sp³-hybridized carbons (Fsp3) is 0.0455. The third kappa shape index (κ3) is 6.16. The topological polar surface area (TPSA) is 71.4 Å². The molecule has 0 amide bonds. The van der Waals surface area contributed by atoms with Crippen LogP contribution in [0.5, 0.6) is 5.75 Å². The van der Waals surface area contributed by atoms with E-state index in [2.05, 4.69) is 63.7 Å². The van der Waals surface area contributed by atoms with E-state index in [1.165, 1.54) is 6.08 Å². The fourth-order valence-corrected chi connectivity index (χ4v) is 5.99. The number of sulfone groups is 1. The Bertz CT molecular complexity index is 1240. The Hall–Kier alpha value is -1.26. The van der Waals surface area contributed by atoms with Crippen molar-refractivity contribution >= 4 is 85.4 Å². The molecule has 0 spiro atoms. The molecule has 3 rings (SSSR count). The van der Waals surface area contributed by atoms with Crippen molar-refractivity contribution in [2.24, 2.45) is 0 Å². The summed E-state index contributed by atoms with van der Waals surface area (Å²) >= 11 is 13.1. The summed E-state index contributed by atoms with van der Waals surface area (Å²) in [7, 11) is -3.99. The smallest absolute Gasteiger partial charge is 0.204 e. The largest absolute Gasteiger partial charge is 0.506 e. The van der Waals surface area contributed by atoms with Gasteiger partial charge in [0.05, 0.1) is 14.7 Å². The van der Waals surface area contributed by atoms with Crippen LogP contribution in [-0.2, 0) is 15.6 Å². The summed E-state index contributed by atoms with van der Waals surface area (Å²) < 4.78 is 29.0. The highest BCUT2D eigenvalue weighted by Gasteiger charge is 2.27. The number of hydrogen-bond donors (Lipinski definition) is 1. The number of hydrogen-bond acceptors (Lipinski definition) is 4. The van der Waals surface area contributed by atoms with Crippen LogP contribution in [0.2, 0.25) is 0 Å². The molecular formula is C22H14Br4O4S. The number of rotatable bonds is 6. The Morgan fingerprint density at radius 2 is 1.32 bits per heavy atom. The lowest BCUT2D eigenvalue weighted by molar-refractivity contribution is 0.104. The van der Waals surface area contributed by atoms with Gasteiger partial charge in [-0.05, 0) is 97.6 Å². The molecular weight excluding hydrogens is 680 g/mol. The van der Waals surface area contributed by atoms with Crippen LogP contribution in [0.1, 0.15) is 21.5 Å². The summed E-state index contributed by atoms with van der Waals surface area (Å²) in [5, 5.41) is 9.95. The third-order valence-electron chi connectivity index (χ3n) is 4.27. The molecule has 3 aromatic rings. The highest BCUT2D eigenvalue weighted by atomic mass is 79.9. The molecule has 0 fully saturated rings. The Morgan fingerprint density at radius 3 is 1.84 bits per heavy atom. The predicted molar refractivity (Wildman–Crippen MR) is 137 cm³/mol. The van der Waals surface area contributed by atoms with E-state index >= 15 is 0 Å². The lowest BCUT2D eigenvalue weighted by atomic mass is 10.1. The summed E-state index contributed by atoms with van der Waals surface area (Å²) in [6, 6.07) is 16.5. The maximum atomic E-state index is 13.3. The second-order valence-electron chi connectivity index (χ2n) is 6.56. The minimum absolute atomic E-state index is 0.0179. The van der Waals surface area contributed by atoms with Gasteiger partial charge < -0.3 is 5.11 Å². The molecule has 0 saturated carbocycles. The number of benzene rings is 3. The van der Waals surface area contributed by atoms with E-state index in [0.717, 1.165) is 8.95 Å². The van der Waals surface area contributed by atoms with Crippen LogP contribution in [0.15, 0.2) is 83.5 Å². The van der Waals surface area contributed by atoms with Gasteiger partial charge in [-0.1, -0.05) is 44.0 Å². The molecule has 0 aromatic heterocycles. The van der Waals surface area contributed by atoms with Crippen LogP contribution < -0.4 is 0 Å². The molecule has 4 nitrogen and oxygen atoms in total. The molecule has 0 radical (unpaired) electrons. The average Bonchev–Trinajstić information content (AvgIpc) is 2.71. The van der Waals surface area contributed by atoms with Gasteiger partial charge >= 0.3 is 0 Å². The van der Waals surface area contributed by atoms with Crippen LogP contribution in [0, 0.1) is 0 Å². The van der Waals surface area contributed by atoms with Crippen LogP contribution >= 0.6 is 63.7 Å². The van der Waals surface area contributed by atoms with Gasteiger partial charge in [0.1, 0.15) is 10.7 Å². The number of phenolic OH excluding ortho intramolecular Hbond substituents is 1. The number of halogens is 4. The standard InChI is InChI=1S/C22H14Br4O4S/c23-16-5-1-13(2-6-16)12-31(29,30)20(21(27)15-3-7-17(24)8-4-15)11-14-9-18(25)22(28)19(26)10-14/h1-11,28H,12H2/b20-11-. The summed E-state index contributed by atoms with van der Waals surface area (Å²) in [4.78, 5) is 12.9. The second kappa shape index (κ2) is 10.1. The Kier molecular flexibility index (Phi) is 7.96. The first-order chi connectivity index (χ1) is 14.6. The molecule has 0 saturated heterocycles. The van der Waals surface area contributed by atoms with Crippen LogP contribution in [0.4, 0.5) is 0 Å². The van der Waals surface area contributed by atoms with E-state index in [1.54, 1.807) is 60.7 Å². The zero-order chi connectivity index (χ0) is 22.8. The van der Waals surface area contributed by atoms with Crippen molar-refractivity contribution < 1.29 is 18.3 Å². The monoisotopic (exact) mass is 690 g/mol. The number of Topliss-reactive ketones (excluding diaryl/α,β-unsaturated/α-hetero) is 1. The lowest BCUT2D eigenvalue weighted by Gasteiger charge is -2.11. The fourth-order valence-electron chi connectivity index (χ4n) is 2.74. The predicted octanol–water partition coefficient (Wildman–Crippen LogP) is 7.28. The van der Waals surface area contributed by atoms with Gasteiger partial charge in [-0.25, -0.2) is 8.42 Å². The van der Waals surface area contributed by atoms with E-state index in [4.69, 9.17) is 0 Å². The first-order valence-electron chi connectivity index (χ1n) is 8.74. The minimum atomic E-state index is -3.99. The summed E-state index contributed by atoms with van der Waals surface area (Å²) in [5.74, 6) is -0.949. The Labute approximate surface area is 213 Å². The molecule has 31 heavy (non-hydrogen) atoms. The van der Waals surface area contributed by atoms with Crippen molar-refractivity contribution in [1.82, 2.24) is 0 Å². The highest BCUT2D eigenvalue weighted by Crippen LogP contribution is 2.34. The number of ketones is 1. The van der Waals surface area contributed by atoms with Gasteiger partial charge in [0.15, 0.2) is 9.84 Å². The maximum absolute atomic E-state index is 13.3. The molecule has 0 heterocycles. The molecule has 1 N–H and O–H groups in total. The van der Waals surface area contributed by atoms with E-state index < -0.39 is 15.6 Å². The van der Waals surface area contributed by atoms with Crippen molar-refractivity contribution in [1.29, 1.82) is 0 Å². The van der Waals surface area contributed by atoms with Crippen molar-refractivity contribution in [2.45, 2.75) is 5.75 Å².